The molecule has 0 atom stereocenters. The molecule has 30 heavy (non-hydrogen) atoms. The summed E-state index contributed by atoms with van der Waals surface area (Å²) in [5.74, 6) is 0.267. The number of thiophene rings is 1. The summed E-state index contributed by atoms with van der Waals surface area (Å²) < 4.78 is 6.70. The van der Waals surface area contributed by atoms with Crippen molar-refractivity contribution in [3.63, 3.8) is 0 Å². The number of aromatic amines is 1. The Morgan fingerprint density at radius 1 is 1.27 bits per heavy atom. The maximum absolute atomic E-state index is 13.1. The molecule has 160 valence electrons. The molecule has 0 saturated heterocycles. The number of furan rings is 1. The number of rotatable bonds is 10. The van der Waals surface area contributed by atoms with Gasteiger partial charge in [0.25, 0.3) is 5.56 Å². The highest BCUT2D eigenvalue weighted by atomic mass is 32.1. The van der Waals surface area contributed by atoms with Gasteiger partial charge in [0, 0.05) is 17.8 Å². The summed E-state index contributed by atoms with van der Waals surface area (Å²) in [6.45, 7) is 2.42. The van der Waals surface area contributed by atoms with Crippen molar-refractivity contribution in [2.45, 2.75) is 52.1 Å². The lowest BCUT2D eigenvalue weighted by Gasteiger charge is -2.24. The Hall–Kier alpha value is -3.07. The number of carbonyl (C=O) groups is 1. The number of nitrogens with two attached hydrogens (primary N) is 1. The Kier molecular flexibility index (Phi) is 7.29. The second-order valence-electron chi connectivity index (χ2n) is 6.99. The molecule has 3 N–H and O–H groups in total. The zero-order chi connectivity index (χ0) is 21.5. The van der Waals surface area contributed by atoms with Gasteiger partial charge in [-0.25, -0.2) is 4.79 Å². The number of hydrogen-bond acceptors (Lipinski definition) is 6. The van der Waals surface area contributed by atoms with Crippen LogP contribution < -0.4 is 21.9 Å². The molecular formula is C21H26N4O4S. The van der Waals surface area contributed by atoms with Crippen molar-refractivity contribution in [2.24, 2.45) is 0 Å². The standard InChI is InChI=1S/C21H26N4O4S/c1-2-3-11-24-19(22)18(20(27)23-21(24)28)25(14-15-7-5-12-29-15)17(26)10-4-8-16-9-6-13-30-16/h5-7,9,12-13H,2-4,8,10-11,14,22H2,1H3,(H,23,27,28). The molecular weight excluding hydrogens is 404 g/mol. The fourth-order valence-electron chi connectivity index (χ4n) is 3.23. The smallest absolute Gasteiger partial charge is 0.330 e. The predicted octanol–water partition coefficient (Wildman–Crippen LogP) is 3.13. The van der Waals surface area contributed by atoms with Gasteiger partial charge in [-0.1, -0.05) is 19.4 Å². The minimum Gasteiger partial charge on any atom is -0.467 e. The molecule has 0 radical (unpaired) electrons. The number of amides is 1. The first-order chi connectivity index (χ1) is 14.5. The Labute approximate surface area is 177 Å². The van der Waals surface area contributed by atoms with Crippen LogP contribution in [0.5, 0.6) is 0 Å². The maximum Gasteiger partial charge on any atom is 0.330 e. The summed E-state index contributed by atoms with van der Waals surface area (Å²) in [6.07, 6.45) is 4.75. The predicted molar refractivity (Wildman–Crippen MR) is 118 cm³/mol. The average molecular weight is 431 g/mol. The van der Waals surface area contributed by atoms with Crippen molar-refractivity contribution in [3.8, 4) is 0 Å². The van der Waals surface area contributed by atoms with E-state index in [1.54, 1.807) is 23.5 Å². The quantitative estimate of drug-likeness (QED) is 0.513. The third kappa shape index (κ3) is 5.10. The lowest BCUT2D eigenvalue weighted by atomic mass is 10.2. The molecule has 0 aliphatic carbocycles. The van der Waals surface area contributed by atoms with Crippen molar-refractivity contribution in [2.75, 3.05) is 10.6 Å². The van der Waals surface area contributed by atoms with E-state index in [9.17, 15) is 14.4 Å². The minimum absolute atomic E-state index is 0.00429. The molecule has 0 aliphatic heterocycles. The van der Waals surface area contributed by atoms with Crippen LogP contribution in [-0.4, -0.2) is 15.5 Å². The van der Waals surface area contributed by atoms with Gasteiger partial charge < -0.3 is 10.2 Å². The van der Waals surface area contributed by atoms with Gasteiger partial charge in [0.2, 0.25) is 5.91 Å². The molecule has 0 fully saturated rings. The lowest BCUT2D eigenvalue weighted by Crippen LogP contribution is -2.40. The molecule has 8 nitrogen and oxygen atoms in total. The molecule has 3 rings (SSSR count). The number of hydrogen-bond donors (Lipinski definition) is 2. The first-order valence-corrected chi connectivity index (χ1v) is 10.9. The van der Waals surface area contributed by atoms with Crippen LogP contribution in [0.3, 0.4) is 0 Å². The van der Waals surface area contributed by atoms with Crippen LogP contribution in [0.4, 0.5) is 11.5 Å². The van der Waals surface area contributed by atoms with Crippen LogP contribution in [0.2, 0.25) is 0 Å². The van der Waals surface area contributed by atoms with Crippen LogP contribution in [0.25, 0.3) is 0 Å². The van der Waals surface area contributed by atoms with E-state index in [0.717, 1.165) is 19.3 Å². The fourth-order valence-corrected chi connectivity index (χ4v) is 3.98. The van der Waals surface area contributed by atoms with Crippen LogP contribution in [0.15, 0.2) is 49.9 Å². The third-order valence-corrected chi connectivity index (χ3v) is 5.74. The summed E-state index contributed by atoms with van der Waals surface area (Å²) >= 11 is 1.65. The first kappa shape index (κ1) is 21.6. The van der Waals surface area contributed by atoms with Crippen LogP contribution in [0.1, 0.15) is 43.2 Å². The Morgan fingerprint density at radius 3 is 2.77 bits per heavy atom. The highest BCUT2D eigenvalue weighted by Gasteiger charge is 2.25. The molecule has 3 heterocycles. The van der Waals surface area contributed by atoms with Crippen molar-refractivity contribution >= 4 is 28.7 Å². The number of anilines is 2. The van der Waals surface area contributed by atoms with Gasteiger partial charge in [-0.15, -0.1) is 11.3 Å². The van der Waals surface area contributed by atoms with Gasteiger partial charge in [0.05, 0.1) is 12.8 Å². The summed E-state index contributed by atoms with van der Waals surface area (Å²) in [4.78, 5) is 42.8. The Balaban J connectivity index is 1.90. The van der Waals surface area contributed by atoms with Gasteiger partial charge in [-0.2, -0.15) is 0 Å². The third-order valence-electron chi connectivity index (χ3n) is 4.81. The van der Waals surface area contributed by atoms with Crippen molar-refractivity contribution < 1.29 is 9.21 Å². The van der Waals surface area contributed by atoms with Gasteiger partial charge in [0.1, 0.15) is 11.6 Å². The number of nitrogens with zero attached hydrogens (tertiary/aromatic N) is 2. The molecule has 0 aliphatic rings. The van der Waals surface area contributed by atoms with Crippen molar-refractivity contribution in [1.82, 2.24) is 9.55 Å². The van der Waals surface area contributed by atoms with Crippen molar-refractivity contribution in [3.05, 3.63) is 67.4 Å². The lowest BCUT2D eigenvalue weighted by molar-refractivity contribution is -0.118. The number of nitrogens with one attached hydrogen (secondary N) is 1. The Bertz CT molecular complexity index is 1070. The van der Waals surface area contributed by atoms with Gasteiger partial charge in [-0.3, -0.25) is 24.0 Å². The first-order valence-electron chi connectivity index (χ1n) is 9.99. The zero-order valence-electron chi connectivity index (χ0n) is 16.9. The Morgan fingerprint density at radius 2 is 2.10 bits per heavy atom. The second kappa shape index (κ2) is 10.1. The van der Waals surface area contributed by atoms with E-state index in [4.69, 9.17) is 10.2 Å². The molecule has 0 unspecified atom stereocenters. The van der Waals surface area contributed by atoms with E-state index >= 15 is 0 Å². The normalized spacial score (nSPS) is 11.0. The monoisotopic (exact) mass is 430 g/mol. The minimum atomic E-state index is -0.677. The molecule has 0 bridgehead atoms. The number of unbranched alkanes of at least 4 members (excludes halogenated alkanes) is 1. The molecule has 3 aromatic heterocycles. The average Bonchev–Trinajstić information content (AvgIpc) is 3.41. The van der Waals surface area contributed by atoms with Gasteiger partial charge in [0.15, 0.2) is 5.69 Å². The molecule has 9 heteroatoms. The maximum atomic E-state index is 13.1. The second-order valence-corrected chi connectivity index (χ2v) is 8.02. The van der Waals surface area contributed by atoms with Gasteiger partial charge >= 0.3 is 5.69 Å². The number of nitrogen functional groups attached to an aromatic ring is 1. The number of carbonyl (C=O) groups excluding carboxylic acids is 1. The fraction of sp³-hybridized carbons (Fsp3) is 0.381. The van der Waals surface area contributed by atoms with Gasteiger partial charge in [-0.05, 0) is 42.8 Å². The number of H-pyrrole nitrogens is 1. The van der Waals surface area contributed by atoms with E-state index in [1.807, 2.05) is 24.4 Å². The topological polar surface area (TPSA) is 114 Å². The summed E-state index contributed by atoms with van der Waals surface area (Å²) in [6, 6.07) is 7.45. The number of aryl methyl sites for hydroxylation is 1. The van der Waals surface area contributed by atoms with E-state index < -0.39 is 11.2 Å². The summed E-state index contributed by atoms with van der Waals surface area (Å²) in [5.41, 5.74) is 4.96. The van der Waals surface area contributed by atoms with Crippen molar-refractivity contribution in [1.29, 1.82) is 0 Å². The van der Waals surface area contributed by atoms with Crippen LogP contribution in [-0.2, 0) is 24.3 Å². The number of aromatic nitrogens is 2. The van der Waals surface area contributed by atoms with Crippen LogP contribution >= 0.6 is 11.3 Å². The van der Waals surface area contributed by atoms with E-state index in [2.05, 4.69) is 4.98 Å². The zero-order valence-corrected chi connectivity index (χ0v) is 17.7. The highest BCUT2D eigenvalue weighted by Crippen LogP contribution is 2.22. The van der Waals surface area contributed by atoms with Crippen LogP contribution in [0, 0.1) is 0 Å². The summed E-state index contributed by atoms with van der Waals surface area (Å²) in [7, 11) is 0. The molecule has 0 spiro atoms. The molecule has 3 aromatic rings. The largest absolute Gasteiger partial charge is 0.467 e. The van der Waals surface area contributed by atoms with E-state index in [0.29, 0.717) is 18.7 Å². The summed E-state index contributed by atoms with van der Waals surface area (Å²) in [5, 5.41) is 2.00. The highest BCUT2D eigenvalue weighted by molar-refractivity contribution is 7.09. The molecule has 0 aromatic carbocycles. The molecule has 1 amide bonds. The van der Waals surface area contributed by atoms with E-state index in [1.165, 1.54) is 20.6 Å². The molecule has 0 saturated carbocycles. The van der Waals surface area contributed by atoms with E-state index in [-0.39, 0.29) is 30.4 Å². The SMILES string of the molecule is CCCCn1c(N)c(N(Cc2ccco2)C(=O)CCCc2cccs2)c(=O)[nH]c1=O.